The lowest BCUT2D eigenvalue weighted by Gasteiger charge is -2.24. The quantitative estimate of drug-likeness (QED) is 0.453. The molecule has 3 aromatic carbocycles. The largest absolute Gasteiger partial charge is 0.361 e. The maximum atomic E-state index is 3.84. The lowest BCUT2D eigenvalue weighted by Crippen LogP contribution is -2.24. The van der Waals surface area contributed by atoms with Crippen molar-refractivity contribution in [3.05, 3.63) is 84.1 Å². The van der Waals surface area contributed by atoms with Crippen LogP contribution in [-0.2, 0) is 0 Å². The molecule has 2 atom stereocenters. The fourth-order valence-corrected chi connectivity index (χ4v) is 3.76. The van der Waals surface area contributed by atoms with Gasteiger partial charge < -0.3 is 10.3 Å². The van der Waals surface area contributed by atoms with Crippen LogP contribution in [0.2, 0.25) is 0 Å². The summed E-state index contributed by atoms with van der Waals surface area (Å²) in [6, 6.07) is 24.7. The maximum absolute atomic E-state index is 3.84. The molecule has 1 aromatic heterocycles. The fourth-order valence-electron chi connectivity index (χ4n) is 3.76. The van der Waals surface area contributed by atoms with Crippen LogP contribution < -0.4 is 5.32 Å². The van der Waals surface area contributed by atoms with E-state index in [4.69, 9.17) is 0 Å². The Morgan fingerprint density at radius 3 is 2.64 bits per heavy atom. The van der Waals surface area contributed by atoms with Crippen molar-refractivity contribution in [1.82, 2.24) is 10.3 Å². The zero-order valence-electron chi connectivity index (χ0n) is 14.8. The van der Waals surface area contributed by atoms with Gasteiger partial charge in [-0.15, -0.1) is 0 Å². The van der Waals surface area contributed by atoms with E-state index in [9.17, 15) is 0 Å². The summed E-state index contributed by atoms with van der Waals surface area (Å²) in [5.41, 5.74) is 3.90. The summed E-state index contributed by atoms with van der Waals surface area (Å²) < 4.78 is 0. The average Bonchev–Trinajstić information content (AvgIpc) is 3.13. The first-order chi connectivity index (χ1) is 12.3. The normalized spacial score (nSPS) is 14.0. The average molecular weight is 328 g/mol. The topological polar surface area (TPSA) is 27.8 Å². The van der Waals surface area contributed by atoms with E-state index in [2.05, 4.69) is 90.9 Å². The second kappa shape index (κ2) is 6.73. The third kappa shape index (κ3) is 3.06. The number of hydrogen-bond acceptors (Lipinski definition) is 1. The van der Waals surface area contributed by atoms with E-state index in [0.717, 1.165) is 6.42 Å². The molecule has 0 spiro atoms. The van der Waals surface area contributed by atoms with Crippen molar-refractivity contribution in [3.63, 3.8) is 0 Å². The summed E-state index contributed by atoms with van der Waals surface area (Å²) in [6.45, 7) is 4.51. The first-order valence-electron chi connectivity index (χ1n) is 9.07. The molecule has 4 aromatic rings. The van der Waals surface area contributed by atoms with Gasteiger partial charge in [0.15, 0.2) is 0 Å². The molecule has 0 aliphatic heterocycles. The summed E-state index contributed by atoms with van der Waals surface area (Å²) in [5, 5.41) is 7.75. The maximum Gasteiger partial charge on any atom is 0.0454 e. The number of H-pyrrole nitrogens is 1. The molecule has 4 rings (SSSR count). The van der Waals surface area contributed by atoms with Crippen LogP contribution in [0.1, 0.15) is 43.5 Å². The van der Waals surface area contributed by atoms with Gasteiger partial charge in [0, 0.05) is 23.8 Å². The van der Waals surface area contributed by atoms with E-state index in [1.54, 1.807) is 0 Å². The summed E-state index contributed by atoms with van der Waals surface area (Å²) >= 11 is 0. The molecular weight excluding hydrogens is 304 g/mol. The van der Waals surface area contributed by atoms with E-state index in [1.165, 1.54) is 32.8 Å². The Kier molecular flexibility index (Phi) is 4.29. The zero-order chi connectivity index (χ0) is 17.2. The van der Waals surface area contributed by atoms with Crippen molar-refractivity contribution in [1.29, 1.82) is 0 Å². The highest BCUT2D eigenvalue weighted by atomic mass is 14.9. The summed E-state index contributed by atoms with van der Waals surface area (Å²) in [6.07, 6.45) is 3.06. The Labute approximate surface area is 148 Å². The van der Waals surface area contributed by atoms with Gasteiger partial charge in [-0.05, 0) is 58.8 Å². The molecule has 2 N–H and O–H groups in total. The Hall–Kier alpha value is -2.58. The lowest BCUT2D eigenvalue weighted by atomic mass is 9.97. The number of nitrogens with one attached hydrogen (secondary N) is 2. The second-order valence-corrected chi connectivity index (χ2v) is 6.74. The Morgan fingerprint density at radius 2 is 1.76 bits per heavy atom. The first-order valence-corrected chi connectivity index (χ1v) is 9.07. The molecular formula is C23H24N2. The minimum Gasteiger partial charge on any atom is -0.361 e. The van der Waals surface area contributed by atoms with Gasteiger partial charge in [0.2, 0.25) is 0 Å². The monoisotopic (exact) mass is 328 g/mol. The predicted octanol–water partition coefficient (Wildman–Crippen LogP) is 6.12. The van der Waals surface area contributed by atoms with Crippen molar-refractivity contribution in [3.8, 4) is 0 Å². The van der Waals surface area contributed by atoms with Crippen LogP contribution >= 0.6 is 0 Å². The third-order valence-corrected chi connectivity index (χ3v) is 5.13. The van der Waals surface area contributed by atoms with Crippen LogP contribution in [0.4, 0.5) is 0 Å². The molecule has 0 radical (unpaired) electrons. The third-order valence-electron chi connectivity index (χ3n) is 5.13. The van der Waals surface area contributed by atoms with Gasteiger partial charge in [-0.1, -0.05) is 55.5 Å². The molecule has 25 heavy (non-hydrogen) atoms. The number of fused-ring (bicyclic) bond motifs is 2. The van der Waals surface area contributed by atoms with Gasteiger partial charge in [0.25, 0.3) is 0 Å². The van der Waals surface area contributed by atoms with Gasteiger partial charge in [0.1, 0.15) is 0 Å². The predicted molar refractivity (Wildman–Crippen MR) is 107 cm³/mol. The lowest BCUT2D eigenvalue weighted by molar-refractivity contribution is 0.458. The molecule has 1 heterocycles. The Balaban J connectivity index is 1.64. The fraction of sp³-hybridized carbons (Fsp3) is 0.217. The van der Waals surface area contributed by atoms with Gasteiger partial charge in [-0.3, -0.25) is 0 Å². The molecule has 2 nitrogen and oxygen atoms in total. The summed E-state index contributed by atoms with van der Waals surface area (Å²) in [4.78, 5) is 3.27. The van der Waals surface area contributed by atoms with Crippen LogP contribution in [0.3, 0.4) is 0 Å². The Morgan fingerprint density at radius 1 is 0.920 bits per heavy atom. The van der Waals surface area contributed by atoms with E-state index < -0.39 is 0 Å². The number of rotatable bonds is 5. The highest BCUT2D eigenvalue weighted by molar-refractivity contribution is 5.86. The minimum absolute atomic E-state index is 0.290. The molecule has 0 bridgehead atoms. The van der Waals surface area contributed by atoms with Crippen molar-refractivity contribution in [2.24, 2.45) is 0 Å². The van der Waals surface area contributed by atoms with Crippen molar-refractivity contribution in [2.75, 3.05) is 0 Å². The van der Waals surface area contributed by atoms with Crippen molar-refractivity contribution < 1.29 is 0 Å². The highest BCUT2D eigenvalue weighted by Gasteiger charge is 2.16. The van der Waals surface area contributed by atoms with Gasteiger partial charge in [-0.25, -0.2) is 0 Å². The number of aromatic nitrogens is 1. The molecule has 0 fully saturated rings. The molecule has 0 saturated carbocycles. The van der Waals surface area contributed by atoms with E-state index in [-0.39, 0.29) is 6.04 Å². The molecule has 0 aliphatic rings. The molecule has 0 amide bonds. The van der Waals surface area contributed by atoms with Crippen LogP contribution in [0.15, 0.2) is 72.9 Å². The second-order valence-electron chi connectivity index (χ2n) is 6.74. The van der Waals surface area contributed by atoms with Gasteiger partial charge in [0.05, 0.1) is 0 Å². The molecule has 2 unspecified atom stereocenters. The molecule has 126 valence electrons. The van der Waals surface area contributed by atoms with E-state index in [0.29, 0.717) is 6.04 Å². The van der Waals surface area contributed by atoms with Crippen LogP contribution in [-0.4, -0.2) is 4.98 Å². The van der Waals surface area contributed by atoms with E-state index >= 15 is 0 Å². The molecule has 0 saturated heterocycles. The van der Waals surface area contributed by atoms with Crippen LogP contribution in [0, 0.1) is 0 Å². The minimum atomic E-state index is 0.290. The summed E-state index contributed by atoms with van der Waals surface area (Å²) in [5.74, 6) is 0. The van der Waals surface area contributed by atoms with Gasteiger partial charge >= 0.3 is 0 Å². The molecule has 0 aliphatic carbocycles. The molecule has 2 heteroatoms. The smallest absolute Gasteiger partial charge is 0.0454 e. The van der Waals surface area contributed by atoms with Crippen molar-refractivity contribution in [2.45, 2.75) is 32.4 Å². The summed E-state index contributed by atoms with van der Waals surface area (Å²) in [7, 11) is 0. The highest BCUT2D eigenvalue weighted by Crippen LogP contribution is 2.28. The zero-order valence-corrected chi connectivity index (χ0v) is 14.8. The van der Waals surface area contributed by atoms with Crippen LogP contribution in [0.5, 0.6) is 0 Å². The van der Waals surface area contributed by atoms with E-state index in [1.807, 2.05) is 6.20 Å². The van der Waals surface area contributed by atoms with Gasteiger partial charge in [-0.2, -0.15) is 0 Å². The number of hydrogen-bond donors (Lipinski definition) is 2. The number of benzene rings is 3. The first kappa shape index (κ1) is 15.9. The standard InChI is InChI=1S/C23H24N2/c1-3-22(18-11-12-23-19(15-18)13-14-24-23)25-16(2)20-10-6-8-17-7-4-5-9-21(17)20/h4-16,22,24-25H,3H2,1-2H3. The van der Waals surface area contributed by atoms with Crippen molar-refractivity contribution >= 4 is 21.7 Å². The van der Waals surface area contributed by atoms with Crippen LogP contribution in [0.25, 0.3) is 21.7 Å². The SMILES string of the molecule is CCC(NC(C)c1cccc2ccccc12)c1ccc2[nH]ccc2c1. The Bertz CT molecular complexity index is 994. The number of aromatic amines is 1.